The first kappa shape index (κ1) is 18.5. The quantitative estimate of drug-likeness (QED) is 0.492. The lowest BCUT2D eigenvalue weighted by atomic mass is 10.1. The van der Waals surface area contributed by atoms with Gasteiger partial charge in [-0.25, -0.2) is 18.9 Å². The summed E-state index contributed by atoms with van der Waals surface area (Å²) in [5, 5.41) is 4.31. The first-order valence-electron chi connectivity index (χ1n) is 9.25. The summed E-state index contributed by atoms with van der Waals surface area (Å²) in [5.41, 5.74) is 2.02. The van der Waals surface area contributed by atoms with Crippen LogP contribution in [-0.4, -0.2) is 25.5 Å². The number of rotatable bonds is 5. The van der Waals surface area contributed by atoms with Gasteiger partial charge in [-0.1, -0.05) is 12.1 Å². The minimum Gasteiger partial charge on any atom is -0.448 e. The highest BCUT2D eigenvalue weighted by molar-refractivity contribution is 5.65. The van der Waals surface area contributed by atoms with E-state index in [0.717, 1.165) is 12.8 Å². The van der Waals surface area contributed by atoms with E-state index in [4.69, 9.17) is 4.42 Å². The SMILES string of the molecule is O=c1n(Cc2coc(C3CC3)n2)nc2ccc(-c3ccc(OC(F)(F)F)cc3)cn12. The fourth-order valence-electron chi connectivity index (χ4n) is 3.21. The van der Waals surface area contributed by atoms with Gasteiger partial charge in [0.25, 0.3) is 0 Å². The number of nitrogens with zero attached hydrogens (tertiary/aromatic N) is 4. The monoisotopic (exact) mass is 416 g/mol. The van der Waals surface area contributed by atoms with Gasteiger partial charge in [0.2, 0.25) is 0 Å². The molecule has 0 amide bonds. The van der Waals surface area contributed by atoms with Crippen molar-refractivity contribution in [1.82, 2.24) is 19.2 Å². The van der Waals surface area contributed by atoms with Crippen LogP contribution in [0.2, 0.25) is 0 Å². The minimum atomic E-state index is -4.74. The van der Waals surface area contributed by atoms with Crippen LogP contribution in [0.25, 0.3) is 16.8 Å². The van der Waals surface area contributed by atoms with E-state index < -0.39 is 6.36 Å². The van der Waals surface area contributed by atoms with E-state index in [2.05, 4.69) is 14.8 Å². The van der Waals surface area contributed by atoms with Gasteiger partial charge in [0.15, 0.2) is 11.5 Å². The third-order valence-corrected chi connectivity index (χ3v) is 4.81. The van der Waals surface area contributed by atoms with Crippen molar-refractivity contribution >= 4 is 5.65 Å². The number of benzene rings is 1. The van der Waals surface area contributed by atoms with Crippen molar-refractivity contribution in [2.45, 2.75) is 31.7 Å². The summed E-state index contributed by atoms with van der Waals surface area (Å²) >= 11 is 0. The Balaban J connectivity index is 1.41. The zero-order chi connectivity index (χ0) is 20.9. The highest BCUT2D eigenvalue weighted by Gasteiger charge is 2.31. The molecule has 1 aliphatic carbocycles. The lowest BCUT2D eigenvalue weighted by Gasteiger charge is -2.09. The lowest BCUT2D eigenvalue weighted by Crippen LogP contribution is -2.21. The van der Waals surface area contributed by atoms with Gasteiger partial charge in [-0.15, -0.1) is 18.3 Å². The number of pyridine rings is 1. The highest BCUT2D eigenvalue weighted by Crippen LogP contribution is 2.39. The Labute approximate surface area is 167 Å². The Morgan fingerprint density at radius 3 is 2.53 bits per heavy atom. The number of hydrogen-bond acceptors (Lipinski definition) is 5. The Kier molecular flexibility index (Phi) is 4.16. The van der Waals surface area contributed by atoms with Gasteiger partial charge in [-0.2, -0.15) is 0 Å². The van der Waals surface area contributed by atoms with Gasteiger partial charge >= 0.3 is 12.1 Å². The van der Waals surface area contributed by atoms with E-state index >= 15 is 0 Å². The van der Waals surface area contributed by atoms with Gasteiger partial charge in [0.1, 0.15) is 17.7 Å². The second-order valence-electron chi connectivity index (χ2n) is 7.11. The third-order valence-electron chi connectivity index (χ3n) is 4.81. The van der Waals surface area contributed by atoms with Gasteiger partial charge in [0, 0.05) is 12.1 Å². The zero-order valence-electron chi connectivity index (χ0n) is 15.5. The summed E-state index contributed by atoms with van der Waals surface area (Å²) in [6.07, 6.45) is 0.533. The van der Waals surface area contributed by atoms with Crippen LogP contribution in [-0.2, 0) is 6.54 Å². The molecule has 7 nitrogen and oxygen atoms in total. The maximum absolute atomic E-state index is 12.7. The maximum atomic E-state index is 12.7. The molecule has 3 heterocycles. The number of aromatic nitrogens is 4. The summed E-state index contributed by atoms with van der Waals surface area (Å²) < 4.78 is 48.9. The molecule has 0 saturated heterocycles. The highest BCUT2D eigenvalue weighted by atomic mass is 19.4. The smallest absolute Gasteiger partial charge is 0.448 e. The van der Waals surface area contributed by atoms with Crippen LogP contribution in [0.1, 0.15) is 30.3 Å². The molecule has 30 heavy (non-hydrogen) atoms. The fourth-order valence-corrected chi connectivity index (χ4v) is 3.21. The standard InChI is InChI=1S/C20H15F3N4O3/c21-20(22,23)30-16-6-3-12(4-7-16)14-5-8-17-25-27(19(28)26(17)9-14)10-15-11-29-18(24-15)13-1-2-13/h3-9,11,13H,1-2,10H2. The average Bonchev–Trinajstić information content (AvgIpc) is 3.38. The summed E-state index contributed by atoms with van der Waals surface area (Å²) in [6.45, 7) is 0.190. The first-order valence-corrected chi connectivity index (χ1v) is 9.25. The van der Waals surface area contributed by atoms with E-state index in [-0.39, 0.29) is 18.0 Å². The van der Waals surface area contributed by atoms with Crippen LogP contribution in [0.4, 0.5) is 13.2 Å². The van der Waals surface area contributed by atoms with Gasteiger partial charge in [0.05, 0.1) is 6.54 Å². The number of halogens is 3. The predicted molar refractivity (Wildman–Crippen MR) is 99.2 cm³/mol. The normalized spacial score (nSPS) is 14.4. The van der Waals surface area contributed by atoms with Gasteiger partial charge < -0.3 is 9.15 Å². The summed E-state index contributed by atoms with van der Waals surface area (Å²) in [4.78, 5) is 17.2. The van der Waals surface area contributed by atoms with Crippen molar-refractivity contribution in [2.24, 2.45) is 0 Å². The molecule has 0 unspecified atom stereocenters. The Bertz CT molecular complexity index is 1270. The van der Waals surface area contributed by atoms with Gasteiger partial charge in [-0.05, 0) is 48.2 Å². The molecule has 5 rings (SSSR count). The van der Waals surface area contributed by atoms with Crippen LogP contribution in [0, 0.1) is 0 Å². The van der Waals surface area contributed by atoms with Crippen LogP contribution in [0.3, 0.4) is 0 Å². The lowest BCUT2D eigenvalue weighted by molar-refractivity contribution is -0.274. The molecule has 3 aromatic heterocycles. The number of ether oxygens (including phenoxy) is 1. The van der Waals surface area contributed by atoms with Crippen molar-refractivity contribution in [2.75, 3.05) is 0 Å². The fraction of sp³-hybridized carbons (Fsp3) is 0.250. The average molecular weight is 416 g/mol. The second-order valence-corrected chi connectivity index (χ2v) is 7.11. The van der Waals surface area contributed by atoms with Crippen molar-refractivity contribution in [3.05, 3.63) is 70.9 Å². The van der Waals surface area contributed by atoms with Crippen molar-refractivity contribution in [3.63, 3.8) is 0 Å². The van der Waals surface area contributed by atoms with E-state index in [9.17, 15) is 18.0 Å². The number of fused-ring (bicyclic) bond motifs is 1. The van der Waals surface area contributed by atoms with E-state index in [1.54, 1.807) is 24.6 Å². The number of alkyl halides is 3. The molecule has 0 spiro atoms. The molecule has 10 heteroatoms. The third kappa shape index (κ3) is 3.68. The Hall–Kier alpha value is -3.56. The van der Waals surface area contributed by atoms with Crippen molar-refractivity contribution in [1.29, 1.82) is 0 Å². The molecule has 154 valence electrons. The topological polar surface area (TPSA) is 74.6 Å². The molecule has 0 aliphatic heterocycles. The van der Waals surface area contributed by atoms with E-state index in [1.807, 2.05) is 0 Å². The van der Waals surface area contributed by atoms with Crippen LogP contribution in [0.15, 0.2) is 58.1 Å². The van der Waals surface area contributed by atoms with Crippen molar-refractivity contribution in [3.8, 4) is 16.9 Å². The van der Waals surface area contributed by atoms with E-state index in [1.165, 1.54) is 33.3 Å². The van der Waals surface area contributed by atoms with E-state index in [0.29, 0.717) is 34.3 Å². The molecule has 0 N–H and O–H groups in total. The van der Waals surface area contributed by atoms with Crippen molar-refractivity contribution < 1.29 is 22.3 Å². The van der Waals surface area contributed by atoms with Crippen LogP contribution >= 0.6 is 0 Å². The molecular formula is C20H15F3N4O3. The summed E-state index contributed by atoms with van der Waals surface area (Å²) in [7, 11) is 0. The molecule has 1 aliphatic rings. The minimum absolute atomic E-state index is 0.190. The Morgan fingerprint density at radius 2 is 1.83 bits per heavy atom. The first-order chi connectivity index (χ1) is 14.4. The van der Waals surface area contributed by atoms with Gasteiger partial charge in [-0.3, -0.25) is 0 Å². The molecule has 1 fully saturated rings. The Morgan fingerprint density at radius 1 is 1.10 bits per heavy atom. The predicted octanol–water partition coefficient (Wildman–Crippen LogP) is 3.98. The molecular weight excluding hydrogens is 401 g/mol. The number of hydrogen-bond donors (Lipinski definition) is 0. The zero-order valence-corrected chi connectivity index (χ0v) is 15.5. The number of oxazole rings is 1. The largest absolute Gasteiger partial charge is 0.573 e. The molecule has 0 radical (unpaired) electrons. The summed E-state index contributed by atoms with van der Waals surface area (Å²) in [6, 6.07) is 8.85. The second kappa shape index (κ2) is 6.75. The molecule has 1 aromatic carbocycles. The molecule has 0 atom stereocenters. The van der Waals surface area contributed by atoms with Crippen LogP contribution < -0.4 is 10.4 Å². The molecule has 1 saturated carbocycles. The van der Waals surface area contributed by atoms with Crippen LogP contribution in [0.5, 0.6) is 5.75 Å². The molecule has 4 aromatic rings. The summed E-state index contributed by atoms with van der Waals surface area (Å²) in [5.74, 6) is 0.768. The maximum Gasteiger partial charge on any atom is 0.573 e. The molecule has 0 bridgehead atoms.